The van der Waals surface area contributed by atoms with E-state index in [9.17, 15) is 0 Å². The summed E-state index contributed by atoms with van der Waals surface area (Å²) >= 11 is 1.62. The van der Waals surface area contributed by atoms with Gasteiger partial charge in [0.1, 0.15) is 10.9 Å². The normalized spacial score (nSPS) is 13.3. The van der Waals surface area contributed by atoms with Crippen LogP contribution < -0.4 is 5.73 Å². The van der Waals surface area contributed by atoms with E-state index in [1.165, 1.54) is 35.3 Å². The summed E-state index contributed by atoms with van der Waals surface area (Å²) in [6, 6.07) is 10.3. The molecule has 0 saturated carbocycles. The second kappa shape index (κ2) is 5.05. The smallest absolute Gasteiger partial charge is 0.122 e. The van der Waals surface area contributed by atoms with Crippen molar-refractivity contribution in [3.05, 3.63) is 53.2 Å². The minimum atomic E-state index is 0.0817. The van der Waals surface area contributed by atoms with Gasteiger partial charge in [-0.15, -0.1) is 0 Å². The van der Waals surface area contributed by atoms with Gasteiger partial charge in [-0.1, -0.05) is 17.8 Å². The van der Waals surface area contributed by atoms with Crippen LogP contribution in [0.4, 0.5) is 0 Å². The van der Waals surface area contributed by atoms with Crippen molar-refractivity contribution in [1.29, 1.82) is 5.41 Å². The summed E-state index contributed by atoms with van der Waals surface area (Å²) in [6.07, 6.45) is 5.36. The maximum Gasteiger partial charge on any atom is 0.122 e. The lowest BCUT2D eigenvalue weighted by molar-refractivity contribution is 0.911. The summed E-state index contributed by atoms with van der Waals surface area (Å²) in [5.41, 5.74) is 9.16. The fraction of sp³-hybridized carbons (Fsp3) is 0.200. The van der Waals surface area contributed by atoms with Gasteiger partial charge in [-0.25, -0.2) is 4.98 Å². The van der Waals surface area contributed by atoms with Gasteiger partial charge >= 0.3 is 0 Å². The van der Waals surface area contributed by atoms with Crippen molar-refractivity contribution in [1.82, 2.24) is 4.98 Å². The number of hydrogen-bond acceptors (Lipinski definition) is 3. The Labute approximate surface area is 116 Å². The lowest BCUT2D eigenvalue weighted by Crippen LogP contribution is -2.10. The highest BCUT2D eigenvalue weighted by molar-refractivity contribution is 7.99. The largest absolute Gasteiger partial charge is 0.384 e. The topological polar surface area (TPSA) is 62.8 Å². The molecule has 0 aliphatic heterocycles. The molecule has 3 rings (SSSR count). The van der Waals surface area contributed by atoms with Crippen LogP contribution in [0.15, 0.2) is 46.5 Å². The van der Waals surface area contributed by atoms with Crippen LogP contribution in [-0.4, -0.2) is 10.8 Å². The van der Waals surface area contributed by atoms with E-state index in [0.29, 0.717) is 0 Å². The Bertz CT molecular complexity index is 637. The molecule has 96 valence electrons. The molecule has 3 nitrogen and oxygen atoms in total. The van der Waals surface area contributed by atoms with E-state index in [0.717, 1.165) is 10.6 Å². The van der Waals surface area contributed by atoms with Gasteiger partial charge in [0.2, 0.25) is 0 Å². The molecule has 0 amide bonds. The Morgan fingerprint density at radius 2 is 2.00 bits per heavy atom. The molecule has 0 bridgehead atoms. The number of benzene rings is 1. The summed E-state index contributed by atoms with van der Waals surface area (Å²) in [5, 5.41) is 8.33. The molecule has 0 unspecified atom stereocenters. The molecule has 19 heavy (non-hydrogen) atoms. The number of nitrogens with two attached hydrogens (primary N) is 1. The molecular weight excluding hydrogens is 254 g/mol. The van der Waals surface area contributed by atoms with Crippen molar-refractivity contribution >= 4 is 17.6 Å². The predicted octanol–water partition coefficient (Wildman–Crippen LogP) is 3.01. The molecule has 3 N–H and O–H groups in total. The maximum absolute atomic E-state index is 7.45. The Kier molecular flexibility index (Phi) is 3.25. The molecule has 1 aliphatic rings. The van der Waals surface area contributed by atoms with Crippen LogP contribution in [-0.2, 0) is 12.8 Å². The molecular formula is C15H15N3S. The predicted molar refractivity (Wildman–Crippen MR) is 77.8 cm³/mol. The van der Waals surface area contributed by atoms with E-state index < -0.39 is 0 Å². The highest BCUT2D eigenvalue weighted by atomic mass is 32.2. The van der Waals surface area contributed by atoms with Crippen molar-refractivity contribution < 1.29 is 0 Å². The number of hydrogen-bond donors (Lipinski definition) is 2. The zero-order valence-corrected chi connectivity index (χ0v) is 11.3. The summed E-state index contributed by atoms with van der Waals surface area (Å²) in [5.74, 6) is 0.0817. The first-order valence-electron chi connectivity index (χ1n) is 6.32. The number of fused-ring (bicyclic) bond motifs is 1. The SMILES string of the molecule is N=C(N)c1ccnc(Sc2ccc3c(c2)CCC3)c1. The molecule has 0 spiro atoms. The van der Waals surface area contributed by atoms with E-state index in [2.05, 4.69) is 23.2 Å². The summed E-state index contributed by atoms with van der Waals surface area (Å²) < 4.78 is 0. The number of pyridine rings is 1. The lowest BCUT2D eigenvalue weighted by atomic mass is 10.1. The van der Waals surface area contributed by atoms with Gasteiger partial charge in [-0.3, -0.25) is 5.41 Å². The minimum Gasteiger partial charge on any atom is -0.384 e. The third kappa shape index (κ3) is 2.63. The van der Waals surface area contributed by atoms with Gasteiger partial charge in [0.25, 0.3) is 0 Å². The van der Waals surface area contributed by atoms with Gasteiger partial charge in [-0.05, 0) is 54.7 Å². The Balaban J connectivity index is 1.85. The highest BCUT2D eigenvalue weighted by Gasteiger charge is 2.11. The summed E-state index contributed by atoms with van der Waals surface area (Å²) in [7, 11) is 0. The molecule has 1 aromatic carbocycles. The number of rotatable bonds is 3. The summed E-state index contributed by atoms with van der Waals surface area (Å²) in [4.78, 5) is 5.52. The van der Waals surface area contributed by atoms with Crippen LogP contribution in [0.1, 0.15) is 23.1 Å². The van der Waals surface area contributed by atoms with E-state index in [-0.39, 0.29) is 5.84 Å². The third-order valence-corrected chi connectivity index (χ3v) is 4.26. The number of amidine groups is 1. The lowest BCUT2D eigenvalue weighted by Gasteiger charge is -2.05. The Morgan fingerprint density at radius 1 is 1.16 bits per heavy atom. The van der Waals surface area contributed by atoms with E-state index in [1.54, 1.807) is 24.0 Å². The molecule has 0 fully saturated rings. The number of aryl methyl sites for hydroxylation is 2. The first kappa shape index (κ1) is 12.2. The Hall–Kier alpha value is -1.81. The maximum atomic E-state index is 7.45. The zero-order valence-electron chi connectivity index (χ0n) is 10.5. The quantitative estimate of drug-likeness (QED) is 0.665. The molecule has 1 aromatic heterocycles. The third-order valence-electron chi connectivity index (χ3n) is 3.34. The zero-order chi connectivity index (χ0) is 13.2. The molecule has 0 radical (unpaired) electrons. The van der Waals surface area contributed by atoms with Gasteiger partial charge in [0.05, 0.1) is 0 Å². The standard InChI is InChI=1S/C15H15N3S/c16-15(17)12-6-7-18-14(9-12)19-13-5-4-10-2-1-3-11(10)8-13/h4-9H,1-3H2,(H3,16,17). The van der Waals surface area contributed by atoms with E-state index >= 15 is 0 Å². The number of nitrogens with zero attached hydrogens (tertiary/aromatic N) is 1. The van der Waals surface area contributed by atoms with Crippen molar-refractivity contribution in [3.8, 4) is 0 Å². The van der Waals surface area contributed by atoms with Crippen LogP contribution in [0, 0.1) is 5.41 Å². The first-order chi connectivity index (χ1) is 9.22. The average molecular weight is 269 g/mol. The van der Waals surface area contributed by atoms with Gasteiger partial charge in [-0.2, -0.15) is 0 Å². The first-order valence-corrected chi connectivity index (χ1v) is 7.14. The fourth-order valence-corrected chi connectivity index (χ4v) is 3.24. The van der Waals surface area contributed by atoms with Gasteiger partial charge in [0, 0.05) is 16.7 Å². The molecule has 0 saturated heterocycles. The van der Waals surface area contributed by atoms with E-state index in [1.807, 2.05) is 6.07 Å². The van der Waals surface area contributed by atoms with E-state index in [4.69, 9.17) is 11.1 Å². The minimum absolute atomic E-state index is 0.0817. The molecule has 1 heterocycles. The van der Waals surface area contributed by atoms with Crippen LogP contribution in [0.3, 0.4) is 0 Å². The fourth-order valence-electron chi connectivity index (χ4n) is 2.37. The summed E-state index contributed by atoms with van der Waals surface area (Å²) in [6.45, 7) is 0. The molecule has 2 aromatic rings. The second-order valence-electron chi connectivity index (χ2n) is 4.68. The van der Waals surface area contributed by atoms with Gasteiger partial charge < -0.3 is 5.73 Å². The van der Waals surface area contributed by atoms with Crippen molar-refractivity contribution in [2.45, 2.75) is 29.2 Å². The Morgan fingerprint density at radius 3 is 2.84 bits per heavy atom. The molecule has 0 atom stereocenters. The molecule has 1 aliphatic carbocycles. The average Bonchev–Trinajstić information content (AvgIpc) is 2.86. The highest BCUT2D eigenvalue weighted by Crippen LogP contribution is 2.31. The van der Waals surface area contributed by atoms with Gasteiger partial charge in [0.15, 0.2) is 0 Å². The van der Waals surface area contributed by atoms with Crippen LogP contribution in [0.2, 0.25) is 0 Å². The van der Waals surface area contributed by atoms with Crippen LogP contribution in [0.25, 0.3) is 0 Å². The number of nitrogen functional groups attached to an aromatic ring is 1. The monoisotopic (exact) mass is 269 g/mol. The number of nitrogens with one attached hydrogen (secondary N) is 1. The second-order valence-corrected chi connectivity index (χ2v) is 5.78. The number of aromatic nitrogens is 1. The van der Waals surface area contributed by atoms with Crippen molar-refractivity contribution in [2.75, 3.05) is 0 Å². The van der Waals surface area contributed by atoms with Crippen molar-refractivity contribution in [2.24, 2.45) is 5.73 Å². The van der Waals surface area contributed by atoms with Crippen LogP contribution in [0.5, 0.6) is 0 Å². The molecule has 4 heteroatoms. The van der Waals surface area contributed by atoms with Crippen LogP contribution >= 0.6 is 11.8 Å². The van der Waals surface area contributed by atoms with Crippen molar-refractivity contribution in [3.63, 3.8) is 0 Å².